The summed E-state index contributed by atoms with van der Waals surface area (Å²) in [6.45, 7) is 1.71. The van der Waals surface area contributed by atoms with Crippen LogP contribution in [0.4, 0.5) is 8.78 Å². The highest BCUT2D eigenvalue weighted by Gasteiger charge is 2.15. The number of amidine groups is 1. The zero-order valence-corrected chi connectivity index (χ0v) is 10.6. The number of nitrogens with two attached hydrogens (primary N) is 1. The maximum absolute atomic E-state index is 13.6. The number of hydrogen-bond donors (Lipinski definition) is 2. The third-order valence-corrected chi connectivity index (χ3v) is 2.72. The molecule has 3 N–H and O–H groups in total. The third kappa shape index (κ3) is 2.54. The molecule has 2 rings (SSSR count). The van der Waals surface area contributed by atoms with E-state index in [2.05, 4.69) is 5.16 Å². The Hall–Kier alpha value is -2.63. The molecule has 2 aromatic rings. The molecule has 20 heavy (non-hydrogen) atoms. The van der Waals surface area contributed by atoms with Crippen LogP contribution < -0.4 is 10.5 Å². The van der Waals surface area contributed by atoms with E-state index in [0.717, 1.165) is 6.07 Å². The predicted octanol–water partition coefficient (Wildman–Crippen LogP) is 3.16. The Kier molecular flexibility index (Phi) is 3.84. The van der Waals surface area contributed by atoms with Gasteiger partial charge in [-0.25, -0.2) is 4.39 Å². The molecule has 2 aromatic carbocycles. The van der Waals surface area contributed by atoms with Crippen LogP contribution in [0, 0.1) is 18.6 Å². The summed E-state index contributed by atoms with van der Waals surface area (Å²) < 4.78 is 32.2. The third-order valence-electron chi connectivity index (χ3n) is 2.72. The van der Waals surface area contributed by atoms with Gasteiger partial charge in [0.1, 0.15) is 5.75 Å². The quantitative estimate of drug-likeness (QED) is 0.392. The number of para-hydroxylation sites is 1. The molecule has 4 nitrogen and oxygen atoms in total. The fourth-order valence-electron chi connectivity index (χ4n) is 1.72. The van der Waals surface area contributed by atoms with Gasteiger partial charge >= 0.3 is 0 Å². The van der Waals surface area contributed by atoms with Crippen molar-refractivity contribution in [2.45, 2.75) is 6.92 Å². The predicted molar refractivity (Wildman–Crippen MR) is 70.1 cm³/mol. The van der Waals surface area contributed by atoms with Crippen molar-refractivity contribution in [1.82, 2.24) is 0 Å². The Morgan fingerprint density at radius 2 is 1.90 bits per heavy atom. The Labute approximate surface area is 114 Å². The lowest BCUT2D eigenvalue weighted by molar-refractivity contribution is 0.318. The molecule has 6 heteroatoms. The van der Waals surface area contributed by atoms with Gasteiger partial charge in [0.25, 0.3) is 0 Å². The van der Waals surface area contributed by atoms with Gasteiger partial charge in [0, 0.05) is 0 Å². The molecule has 104 valence electrons. The SMILES string of the molecule is Cc1cccc(/C(N)=N/O)c1Oc1cccc(F)c1F. The van der Waals surface area contributed by atoms with E-state index < -0.39 is 11.6 Å². The van der Waals surface area contributed by atoms with Crippen molar-refractivity contribution in [2.24, 2.45) is 10.9 Å². The van der Waals surface area contributed by atoms with Gasteiger partial charge < -0.3 is 15.7 Å². The molecule has 0 atom stereocenters. The molecule has 0 fully saturated rings. The lowest BCUT2D eigenvalue weighted by Gasteiger charge is -2.13. The van der Waals surface area contributed by atoms with E-state index in [9.17, 15) is 8.78 Å². The summed E-state index contributed by atoms with van der Waals surface area (Å²) in [7, 11) is 0. The Balaban J connectivity index is 2.51. The first-order valence-electron chi connectivity index (χ1n) is 5.74. The van der Waals surface area contributed by atoms with Crippen molar-refractivity contribution in [3.8, 4) is 11.5 Å². The summed E-state index contributed by atoms with van der Waals surface area (Å²) >= 11 is 0. The normalized spacial score (nSPS) is 11.4. The lowest BCUT2D eigenvalue weighted by Crippen LogP contribution is -2.14. The number of hydrogen-bond acceptors (Lipinski definition) is 3. The highest BCUT2D eigenvalue weighted by Crippen LogP contribution is 2.31. The summed E-state index contributed by atoms with van der Waals surface area (Å²) in [4.78, 5) is 0. The average Bonchev–Trinajstić information content (AvgIpc) is 2.45. The molecule has 0 spiro atoms. The number of nitrogens with zero attached hydrogens (tertiary/aromatic N) is 1. The lowest BCUT2D eigenvalue weighted by atomic mass is 10.1. The zero-order valence-electron chi connectivity index (χ0n) is 10.6. The van der Waals surface area contributed by atoms with Crippen molar-refractivity contribution in [3.63, 3.8) is 0 Å². The van der Waals surface area contributed by atoms with Gasteiger partial charge in [-0.05, 0) is 30.7 Å². The maximum Gasteiger partial charge on any atom is 0.201 e. The molecule has 0 saturated heterocycles. The Morgan fingerprint density at radius 1 is 1.20 bits per heavy atom. The van der Waals surface area contributed by atoms with Crippen LogP contribution in [0.2, 0.25) is 0 Å². The van der Waals surface area contributed by atoms with Gasteiger partial charge in [-0.1, -0.05) is 23.4 Å². The first-order valence-corrected chi connectivity index (χ1v) is 5.74. The van der Waals surface area contributed by atoms with Gasteiger partial charge in [-0.2, -0.15) is 4.39 Å². The van der Waals surface area contributed by atoms with Gasteiger partial charge in [-0.15, -0.1) is 0 Å². The minimum atomic E-state index is -1.10. The first kappa shape index (κ1) is 13.8. The van der Waals surface area contributed by atoms with Crippen LogP contribution in [0.1, 0.15) is 11.1 Å². The summed E-state index contributed by atoms with van der Waals surface area (Å²) in [6, 6.07) is 8.55. The number of aryl methyl sites for hydroxylation is 1. The molecule has 0 radical (unpaired) electrons. The minimum Gasteiger partial charge on any atom is -0.453 e. The number of rotatable bonds is 3. The van der Waals surface area contributed by atoms with Gasteiger partial charge in [0.2, 0.25) is 5.82 Å². The molecule has 0 aliphatic rings. The van der Waals surface area contributed by atoms with Crippen molar-refractivity contribution < 1.29 is 18.7 Å². The van der Waals surface area contributed by atoms with Crippen LogP contribution in [-0.4, -0.2) is 11.0 Å². The Morgan fingerprint density at radius 3 is 2.60 bits per heavy atom. The number of oxime groups is 1. The molecule has 0 heterocycles. The largest absolute Gasteiger partial charge is 0.453 e. The molecule has 0 aromatic heterocycles. The number of ether oxygens (including phenoxy) is 1. The van der Waals surface area contributed by atoms with Crippen molar-refractivity contribution >= 4 is 5.84 Å². The van der Waals surface area contributed by atoms with Crippen molar-refractivity contribution in [3.05, 3.63) is 59.2 Å². The molecule has 0 bridgehead atoms. The topological polar surface area (TPSA) is 67.8 Å². The molecule has 0 unspecified atom stereocenters. The Bertz CT molecular complexity index is 672. The smallest absolute Gasteiger partial charge is 0.201 e. The zero-order chi connectivity index (χ0) is 14.7. The highest BCUT2D eigenvalue weighted by molar-refractivity contribution is 6.00. The van der Waals surface area contributed by atoms with Crippen LogP contribution in [-0.2, 0) is 0 Å². The van der Waals surface area contributed by atoms with Crippen LogP contribution >= 0.6 is 0 Å². The molecule has 0 aliphatic carbocycles. The fraction of sp³-hybridized carbons (Fsp3) is 0.0714. The van der Waals surface area contributed by atoms with Gasteiger partial charge in [0.15, 0.2) is 17.4 Å². The molecular formula is C14H12F2N2O2. The molecule has 0 saturated carbocycles. The standard InChI is InChI=1S/C14H12F2N2O2/c1-8-4-2-5-9(14(17)18-19)13(8)20-11-7-3-6-10(15)12(11)16/h2-7,19H,1H3,(H2,17,18). The van der Waals surface area contributed by atoms with Crippen LogP contribution in [0.5, 0.6) is 11.5 Å². The fourth-order valence-corrected chi connectivity index (χ4v) is 1.72. The van der Waals surface area contributed by atoms with Crippen LogP contribution in [0.25, 0.3) is 0 Å². The summed E-state index contributed by atoms with van der Waals surface area (Å²) in [5.74, 6) is -2.36. The van der Waals surface area contributed by atoms with Crippen LogP contribution in [0.15, 0.2) is 41.6 Å². The monoisotopic (exact) mass is 278 g/mol. The van der Waals surface area contributed by atoms with Crippen molar-refractivity contribution in [1.29, 1.82) is 0 Å². The first-order chi connectivity index (χ1) is 9.54. The summed E-state index contributed by atoms with van der Waals surface area (Å²) in [6.07, 6.45) is 0. The number of benzene rings is 2. The van der Waals surface area contributed by atoms with E-state index in [0.29, 0.717) is 5.56 Å². The van der Waals surface area contributed by atoms with Gasteiger partial charge in [-0.3, -0.25) is 0 Å². The van der Waals surface area contributed by atoms with E-state index in [1.54, 1.807) is 25.1 Å². The van der Waals surface area contributed by atoms with E-state index in [-0.39, 0.29) is 22.9 Å². The van der Waals surface area contributed by atoms with E-state index in [4.69, 9.17) is 15.7 Å². The molecular weight excluding hydrogens is 266 g/mol. The second-order valence-electron chi connectivity index (χ2n) is 4.09. The highest BCUT2D eigenvalue weighted by atomic mass is 19.2. The second-order valence-corrected chi connectivity index (χ2v) is 4.09. The number of halogens is 2. The van der Waals surface area contributed by atoms with E-state index in [1.807, 2.05) is 0 Å². The molecule has 0 aliphatic heterocycles. The second kappa shape index (κ2) is 5.56. The van der Waals surface area contributed by atoms with Gasteiger partial charge in [0.05, 0.1) is 5.56 Å². The summed E-state index contributed by atoms with van der Waals surface area (Å²) in [5, 5.41) is 11.6. The minimum absolute atomic E-state index is 0.180. The summed E-state index contributed by atoms with van der Waals surface area (Å²) in [5.41, 5.74) is 6.46. The van der Waals surface area contributed by atoms with E-state index >= 15 is 0 Å². The van der Waals surface area contributed by atoms with Crippen LogP contribution in [0.3, 0.4) is 0 Å². The van der Waals surface area contributed by atoms with E-state index in [1.165, 1.54) is 12.1 Å². The maximum atomic E-state index is 13.6. The average molecular weight is 278 g/mol. The molecule has 0 amide bonds. The van der Waals surface area contributed by atoms with Crippen molar-refractivity contribution in [2.75, 3.05) is 0 Å².